The van der Waals surface area contributed by atoms with Crippen molar-refractivity contribution in [1.29, 1.82) is 0 Å². The second kappa shape index (κ2) is 11.3. The number of benzene rings is 3. The van der Waals surface area contributed by atoms with Gasteiger partial charge in [-0.15, -0.1) is 0 Å². The Morgan fingerprint density at radius 1 is 1.03 bits per heavy atom. The molecular weight excluding hydrogens is 520 g/mol. The zero-order valence-electron chi connectivity index (χ0n) is 20.8. The Morgan fingerprint density at radius 2 is 1.75 bits per heavy atom. The first-order chi connectivity index (χ1) is 17.2. The highest BCUT2D eigenvalue weighted by molar-refractivity contribution is 9.10. The molecule has 0 heterocycles. The molecule has 1 amide bonds. The number of esters is 1. The number of fused-ring (bicyclic) bond motifs is 1. The number of ether oxygens (including phenoxy) is 2. The van der Waals surface area contributed by atoms with Gasteiger partial charge in [-0.05, 0) is 103 Å². The maximum atomic E-state index is 12.4. The maximum Gasteiger partial charge on any atom is 0.338 e. The average Bonchev–Trinajstić information content (AvgIpc) is 3.20. The third-order valence-corrected chi connectivity index (χ3v) is 6.44. The van der Waals surface area contributed by atoms with Crippen LogP contribution in [0.3, 0.4) is 0 Å². The molecule has 7 heteroatoms. The maximum absolute atomic E-state index is 12.4. The second-order valence-corrected chi connectivity index (χ2v) is 10.7. The fraction of sp³-hybridized carbons (Fsp3) is 0.310. The fourth-order valence-corrected chi connectivity index (χ4v) is 4.60. The quantitative estimate of drug-likeness (QED) is 0.306. The van der Waals surface area contributed by atoms with Crippen LogP contribution in [0.15, 0.2) is 71.2 Å². The van der Waals surface area contributed by atoms with Crippen LogP contribution in [0.4, 0.5) is 11.4 Å². The minimum absolute atomic E-state index is 0.0120. The van der Waals surface area contributed by atoms with Crippen molar-refractivity contribution in [2.45, 2.75) is 51.9 Å². The van der Waals surface area contributed by atoms with E-state index < -0.39 is 5.60 Å². The Labute approximate surface area is 220 Å². The van der Waals surface area contributed by atoms with E-state index in [0.29, 0.717) is 12.2 Å². The van der Waals surface area contributed by atoms with E-state index in [4.69, 9.17) is 9.47 Å². The predicted octanol–water partition coefficient (Wildman–Crippen LogP) is 6.66. The van der Waals surface area contributed by atoms with E-state index in [9.17, 15) is 9.59 Å². The van der Waals surface area contributed by atoms with Gasteiger partial charge < -0.3 is 20.1 Å². The van der Waals surface area contributed by atoms with Gasteiger partial charge >= 0.3 is 5.97 Å². The van der Waals surface area contributed by atoms with Crippen LogP contribution < -0.4 is 10.6 Å². The normalized spacial score (nSPS) is 14.7. The third kappa shape index (κ3) is 6.95. The lowest BCUT2D eigenvalue weighted by Gasteiger charge is -2.20. The van der Waals surface area contributed by atoms with Gasteiger partial charge in [-0.1, -0.05) is 30.3 Å². The number of anilines is 2. The van der Waals surface area contributed by atoms with Gasteiger partial charge in [0.15, 0.2) is 0 Å². The summed E-state index contributed by atoms with van der Waals surface area (Å²) in [7, 11) is 0. The molecule has 188 valence electrons. The molecule has 1 unspecified atom stereocenters. The number of hydrogen-bond donors (Lipinski definition) is 2. The van der Waals surface area contributed by atoms with E-state index in [1.54, 1.807) is 12.1 Å². The first-order valence-electron chi connectivity index (χ1n) is 12.0. The summed E-state index contributed by atoms with van der Waals surface area (Å²) in [5.41, 5.74) is 5.09. The molecule has 0 aromatic heterocycles. The molecule has 4 rings (SSSR count). The molecule has 1 aliphatic carbocycles. The molecule has 6 nitrogen and oxygen atoms in total. The number of carbonyl (C=O) groups excluding carboxylic acids is 2. The highest BCUT2D eigenvalue weighted by atomic mass is 79.9. The van der Waals surface area contributed by atoms with Gasteiger partial charge in [-0.2, -0.15) is 0 Å². The summed E-state index contributed by atoms with van der Waals surface area (Å²) in [6, 6.07) is 21.4. The van der Waals surface area contributed by atoms with Crippen molar-refractivity contribution in [3.8, 4) is 0 Å². The highest BCUT2D eigenvalue weighted by Gasteiger charge is 2.25. The molecule has 2 N–H and O–H groups in total. The van der Waals surface area contributed by atoms with Crippen molar-refractivity contribution in [3.05, 3.63) is 93.5 Å². The molecule has 0 saturated carbocycles. The van der Waals surface area contributed by atoms with Crippen LogP contribution in [0.5, 0.6) is 0 Å². The Morgan fingerprint density at radius 3 is 2.44 bits per heavy atom. The Balaban J connectivity index is 1.34. The molecule has 1 atom stereocenters. The first-order valence-corrected chi connectivity index (χ1v) is 12.8. The van der Waals surface area contributed by atoms with Gasteiger partial charge in [0.05, 0.1) is 23.9 Å². The van der Waals surface area contributed by atoms with Crippen LogP contribution in [0.1, 0.15) is 60.3 Å². The summed E-state index contributed by atoms with van der Waals surface area (Å²) < 4.78 is 11.8. The molecule has 0 bridgehead atoms. The molecule has 0 aliphatic heterocycles. The summed E-state index contributed by atoms with van der Waals surface area (Å²) >= 11 is 3.61. The fourth-order valence-electron chi connectivity index (χ4n) is 4.14. The summed E-state index contributed by atoms with van der Waals surface area (Å²) in [6.07, 6.45) is 1.84. The standard InChI is InChI=1S/C29H31BrN2O4/c1-29(2,3)36-28(34)20-9-12-22(13-10-20)31-25-14-11-21-15-26(24(30)16-23(21)25)32-27(33)18-35-17-19-7-5-4-6-8-19/h4-10,12-13,15-16,25,31H,11,14,17-18H2,1-3H3,(H,32,33). The molecular formula is C29H31BrN2O4. The van der Waals surface area contributed by atoms with Crippen LogP contribution in [0.25, 0.3) is 0 Å². The monoisotopic (exact) mass is 550 g/mol. The third-order valence-electron chi connectivity index (χ3n) is 5.79. The molecule has 36 heavy (non-hydrogen) atoms. The zero-order chi connectivity index (χ0) is 25.7. The number of nitrogens with one attached hydrogen (secondary N) is 2. The number of aryl methyl sites for hydroxylation is 1. The van der Waals surface area contributed by atoms with Gasteiger partial charge in [-0.3, -0.25) is 4.79 Å². The predicted molar refractivity (Wildman–Crippen MR) is 145 cm³/mol. The SMILES string of the molecule is CC(C)(C)OC(=O)c1ccc(NC2CCc3cc(NC(=O)COCc4ccccc4)c(Br)cc32)cc1. The smallest absolute Gasteiger partial charge is 0.338 e. The zero-order valence-corrected chi connectivity index (χ0v) is 22.4. The van der Waals surface area contributed by atoms with Crippen molar-refractivity contribution in [2.75, 3.05) is 17.2 Å². The molecule has 3 aromatic rings. The van der Waals surface area contributed by atoms with E-state index in [-0.39, 0.29) is 24.5 Å². The topological polar surface area (TPSA) is 76.7 Å². The number of rotatable bonds is 8. The van der Waals surface area contributed by atoms with Gasteiger partial charge in [-0.25, -0.2) is 4.79 Å². The summed E-state index contributed by atoms with van der Waals surface area (Å²) in [6.45, 7) is 5.95. The van der Waals surface area contributed by atoms with E-state index >= 15 is 0 Å². The van der Waals surface area contributed by atoms with E-state index in [2.05, 4.69) is 32.6 Å². The summed E-state index contributed by atoms with van der Waals surface area (Å²) in [5.74, 6) is -0.520. The van der Waals surface area contributed by atoms with E-state index in [1.807, 2.05) is 69.3 Å². The molecule has 0 spiro atoms. The van der Waals surface area contributed by atoms with Crippen molar-refractivity contribution >= 4 is 39.2 Å². The number of halogens is 1. The van der Waals surface area contributed by atoms with Crippen LogP contribution in [0, 0.1) is 0 Å². The van der Waals surface area contributed by atoms with Crippen LogP contribution in [-0.4, -0.2) is 24.1 Å². The van der Waals surface area contributed by atoms with Gasteiger partial charge in [0.2, 0.25) is 5.91 Å². The van der Waals surface area contributed by atoms with E-state index in [1.165, 1.54) is 11.1 Å². The lowest BCUT2D eigenvalue weighted by atomic mass is 10.1. The lowest BCUT2D eigenvalue weighted by Crippen LogP contribution is -2.23. The molecule has 0 fully saturated rings. The van der Waals surface area contributed by atoms with Crippen molar-refractivity contribution in [2.24, 2.45) is 0 Å². The van der Waals surface area contributed by atoms with Crippen molar-refractivity contribution in [1.82, 2.24) is 0 Å². The Kier molecular flexibility index (Phi) is 8.11. The molecule has 0 radical (unpaired) electrons. The van der Waals surface area contributed by atoms with Crippen molar-refractivity contribution in [3.63, 3.8) is 0 Å². The second-order valence-electron chi connectivity index (χ2n) is 9.87. The van der Waals surface area contributed by atoms with Gasteiger partial charge in [0, 0.05) is 10.2 Å². The average molecular weight is 551 g/mol. The Bertz CT molecular complexity index is 1220. The molecule has 0 saturated heterocycles. The number of carbonyl (C=O) groups is 2. The van der Waals surface area contributed by atoms with Crippen LogP contribution in [0.2, 0.25) is 0 Å². The minimum Gasteiger partial charge on any atom is -0.456 e. The Hall–Kier alpha value is -3.16. The van der Waals surface area contributed by atoms with Crippen LogP contribution in [-0.2, 0) is 27.3 Å². The molecule has 1 aliphatic rings. The van der Waals surface area contributed by atoms with Gasteiger partial charge in [0.1, 0.15) is 12.2 Å². The molecule has 3 aromatic carbocycles. The van der Waals surface area contributed by atoms with Crippen molar-refractivity contribution < 1.29 is 19.1 Å². The first kappa shape index (κ1) is 25.9. The lowest BCUT2D eigenvalue weighted by molar-refractivity contribution is -0.121. The van der Waals surface area contributed by atoms with Crippen LogP contribution >= 0.6 is 15.9 Å². The summed E-state index contributed by atoms with van der Waals surface area (Å²) in [5, 5.41) is 6.51. The minimum atomic E-state index is -0.525. The highest BCUT2D eigenvalue weighted by Crippen LogP contribution is 2.39. The summed E-state index contributed by atoms with van der Waals surface area (Å²) in [4.78, 5) is 24.7. The van der Waals surface area contributed by atoms with E-state index in [0.717, 1.165) is 34.3 Å². The van der Waals surface area contributed by atoms with Gasteiger partial charge in [0.25, 0.3) is 0 Å². The largest absolute Gasteiger partial charge is 0.456 e. The number of hydrogen-bond acceptors (Lipinski definition) is 5. The number of amides is 1.